The van der Waals surface area contributed by atoms with Crippen molar-refractivity contribution >= 4 is 17.5 Å². The molecule has 8 N–H and O–H groups in total. The number of hydrogen-bond donors (Lipinski definition) is 5. The molecule has 1 aromatic carbocycles. The molecule has 0 aromatic heterocycles. The number of nitrogens with one attached hydrogen (secondary N) is 1. The highest BCUT2D eigenvalue weighted by atomic mass is 16.5. The molecule has 1 aliphatic carbocycles. The quantitative estimate of drug-likeness (QED) is 0.426. The van der Waals surface area contributed by atoms with Crippen LogP contribution in [0.15, 0.2) is 23.9 Å². The molecule has 2 atom stereocenters. The number of benzene rings is 1. The number of phenols is 1. The van der Waals surface area contributed by atoms with Gasteiger partial charge in [-0.1, -0.05) is 6.08 Å². The summed E-state index contributed by atoms with van der Waals surface area (Å²) in [5, 5.41) is 18.2. The van der Waals surface area contributed by atoms with Gasteiger partial charge in [-0.2, -0.15) is 0 Å². The summed E-state index contributed by atoms with van der Waals surface area (Å²) in [6, 6.07) is 2.80. The van der Waals surface area contributed by atoms with Crippen molar-refractivity contribution in [1.29, 1.82) is 5.41 Å². The number of rotatable bonds is 3. The van der Waals surface area contributed by atoms with E-state index in [1.165, 1.54) is 12.1 Å². The van der Waals surface area contributed by atoms with E-state index >= 15 is 0 Å². The van der Waals surface area contributed by atoms with Gasteiger partial charge in [0.2, 0.25) is 0 Å². The summed E-state index contributed by atoms with van der Waals surface area (Å²) in [5.41, 5.74) is 18.4. The van der Waals surface area contributed by atoms with Gasteiger partial charge in [-0.05, 0) is 19.8 Å². The van der Waals surface area contributed by atoms with Crippen LogP contribution in [0.1, 0.15) is 31.2 Å². The number of primary amides is 1. The highest BCUT2D eigenvalue weighted by Gasteiger charge is 2.32. The predicted octanol–water partition coefficient (Wildman–Crippen LogP) is 1.81. The fraction of sp³-hybridized carbons (Fsp3) is 0.333. The number of allylic oxidation sites excluding steroid dienone is 2. The summed E-state index contributed by atoms with van der Waals surface area (Å²) >= 11 is 0. The molecule has 0 spiro atoms. The van der Waals surface area contributed by atoms with Gasteiger partial charge in [0.25, 0.3) is 0 Å². The Labute approximate surface area is 128 Å². The number of phenolic OH excluding ortho intramolecular Hbond substituents is 1. The maximum absolute atomic E-state index is 11.1. The Morgan fingerprint density at radius 1 is 1.41 bits per heavy atom. The summed E-state index contributed by atoms with van der Waals surface area (Å²) < 4.78 is 4.98. The third-order valence-electron chi connectivity index (χ3n) is 3.81. The third kappa shape index (κ3) is 3.13. The fourth-order valence-electron chi connectivity index (χ4n) is 2.86. The van der Waals surface area contributed by atoms with Crippen LogP contribution in [0.2, 0.25) is 0 Å². The second kappa shape index (κ2) is 5.97. The average molecular weight is 304 g/mol. The molecule has 2 rings (SSSR count). The Morgan fingerprint density at radius 2 is 2.09 bits per heavy atom. The standard InChI is InChI=1S/C15H20N4O3/c1-7(16)10-3-2-8(17)4-11(10)14-12(20)5-9(18)6-13(14)22-15(19)21/h4-6,10-11,16,20H,2-3,17-18H2,1H3,(H2,19,21). The zero-order chi connectivity index (χ0) is 16.4. The molecule has 0 radical (unpaired) electrons. The number of anilines is 1. The molecule has 0 heterocycles. The van der Waals surface area contributed by atoms with Crippen molar-refractivity contribution in [3.8, 4) is 11.5 Å². The second-order valence-corrected chi connectivity index (χ2v) is 5.47. The molecular weight excluding hydrogens is 284 g/mol. The number of amides is 1. The molecule has 0 saturated heterocycles. The number of aromatic hydroxyl groups is 1. The number of carbonyl (C=O) groups excluding carboxylic acids is 1. The topological polar surface area (TPSA) is 148 Å². The van der Waals surface area contributed by atoms with Crippen LogP contribution in [0.5, 0.6) is 11.5 Å². The fourth-order valence-corrected chi connectivity index (χ4v) is 2.86. The van der Waals surface area contributed by atoms with Crippen LogP contribution in [-0.4, -0.2) is 16.9 Å². The van der Waals surface area contributed by atoms with Gasteiger partial charge in [0.15, 0.2) is 0 Å². The van der Waals surface area contributed by atoms with Crippen LogP contribution in [0.4, 0.5) is 10.5 Å². The first kappa shape index (κ1) is 15.7. The second-order valence-electron chi connectivity index (χ2n) is 5.47. The molecular formula is C15H20N4O3. The average Bonchev–Trinajstić information content (AvgIpc) is 2.36. The van der Waals surface area contributed by atoms with Crippen molar-refractivity contribution in [2.45, 2.75) is 25.7 Å². The maximum Gasteiger partial charge on any atom is 0.409 e. The van der Waals surface area contributed by atoms with Crippen LogP contribution in [-0.2, 0) is 0 Å². The lowest BCUT2D eigenvalue weighted by molar-refractivity contribution is 0.210. The molecule has 7 nitrogen and oxygen atoms in total. The summed E-state index contributed by atoms with van der Waals surface area (Å²) in [5.74, 6) is -0.538. The maximum atomic E-state index is 11.1. The number of nitrogen functional groups attached to an aromatic ring is 1. The van der Waals surface area contributed by atoms with Crippen molar-refractivity contribution in [3.63, 3.8) is 0 Å². The van der Waals surface area contributed by atoms with E-state index in [0.29, 0.717) is 29.8 Å². The van der Waals surface area contributed by atoms with Gasteiger partial charge in [0.1, 0.15) is 11.5 Å². The SMILES string of the molecule is CC(=N)C1CCC(N)=CC1c1c(O)cc(N)cc1OC(N)=O. The Kier molecular flexibility index (Phi) is 4.25. The minimum atomic E-state index is -0.998. The molecule has 1 amide bonds. The molecule has 0 aliphatic heterocycles. The molecule has 0 saturated carbocycles. The van der Waals surface area contributed by atoms with E-state index in [-0.39, 0.29) is 29.0 Å². The van der Waals surface area contributed by atoms with Gasteiger partial charge in [-0.25, -0.2) is 4.79 Å². The molecule has 2 unspecified atom stereocenters. The lowest BCUT2D eigenvalue weighted by atomic mass is 9.75. The highest BCUT2D eigenvalue weighted by Crippen LogP contribution is 2.45. The first-order chi connectivity index (χ1) is 10.3. The first-order valence-electron chi connectivity index (χ1n) is 6.90. The van der Waals surface area contributed by atoms with Crippen molar-refractivity contribution in [3.05, 3.63) is 29.5 Å². The molecule has 118 valence electrons. The summed E-state index contributed by atoms with van der Waals surface area (Å²) in [7, 11) is 0. The monoisotopic (exact) mass is 304 g/mol. The van der Waals surface area contributed by atoms with Crippen LogP contribution >= 0.6 is 0 Å². The van der Waals surface area contributed by atoms with E-state index in [9.17, 15) is 9.90 Å². The van der Waals surface area contributed by atoms with E-state index < -0.39 is 6.09 Å². The Hall–Kier alpha value is -2.70. The Balaban J connectivity index is 2.59. The molecule has 0 fully saturated rings. The molecule has 22 heavy (non-hydrogen) atoms. The number of hydrogen-bond acceptors (Lipinski definition) is 6. The smallest absolute Gasteiger partial charge is 0.409 e. The van der Waals surface area contributed by atoms with Crippen LogP contribution in [0.25, 0.3) is 0 Å². The van der Waals surface area contributed by atoms with E-state index in [0.717, 1.165) is 0 Å². The van der Waals surface area contributed by atoms with Gasteiger partial charge in [0, 0.05) is 46.6 Å². The summed E-state index contributed by atoms with van der Waals surface area (Å²) in [6.07, 6.45) is 2.15. The zero-order valence-electron chi connectivity index (χ0n) is 12.3. The van der Waals surface area contributed by atoms with Gasteiger partial charge in [0.05, 0.1) is 0 Å². The third-order valence-corrected chi connectivity index (χ3v) is 3.81. The zero-order valence-corrected chi connectivity index (χ0v) is 12.3. The van der Waals surface area contributed by atoms with Gasteiger partial charge < -0.3 is 32.5 Å². The van der Waals surface area contributed by atoms with Crippen molar-refractivity contribution < 1.29 is 14.6 Å². The first-order valence-corrected chi connectivity index (χ1v) is 6.90. The molecule has 0 bridgehead atoms. The van der Waals surface area contributed by atoms with E-state index in [2.05, 4.69) is 0 Å². The number of ether oxygens (including phenoxy) is 1. The lowest BCUT2D eigenvalue weighted by Crippen LogP contribution is -2.25. The van der Waals surface area contributed by atoms with Gasteiger partial charge in [-0.3, -0.25) is 0 Å². The van der Waals surface area contributed by atoms with E-state index in [4.69, 9.17) is 27.3 Å². The van der Waals surface area contributed by atoms with E-state index in [1.807, 2.05) is 0 Å². The van der Waals surface area contributed by atoms with Crippen LogP contribution in [0, 0.1) is 11.3 Å². The largest absolute Gasteiger partial charge is 0.507 e. The molecule has 7 heteroatoms. The van der Waals surface area contributed by atoms with Gasteiger partial charge >= 0.3 is 6.09 Å². The van der Waals surface area contributed by atoms with E-state index in [1.54, 1.807) is 13.0 Å². The van der Waals surface area contributed by atoms with Gasteiger partial charge in [-0.15, -0.1) is 0 Å². The predicted molar refractivity (Wildman–Crippen MR) is 83.9 cm³/mol. The Bertz CT molecular complexity index is 654. The van der Waals surface area contributed by atoms with Crippen LogP contribution in [0.3, 0.4) is 0 Å². The van der Waals surface area contributed by atoms with Crippen molar-refractivity contribution in [2.24, 2.45) is 17.4 Å². The van der Waals surface area contributed by atoms with Crippen molar-refractivity contribution in [1.82, 2.24) is 0 Å². The number of nitrogens with two attached hydrogens (primary N) is 3. The minimum Gasteiger partial charge on any atom is -0.507 e. The van der Waals surface area contributed by atoms with Crippen molar-refractivity contribution in [2.75, 3.05) is 5.73 Å². The normalized spacial score (nSPS) is 21.0. The lowest BCUT2D eigenvalue weighted by Gasteiger charge is -2.30. The Morgan fingerprint density at radius 3 is 2.68 bits per heavy atom. The molecule has 1 aliphatic rings. The number of carbonyl (C=O) groups is 1. The highest BCUT2D eigenvalue weighted by molar-refractivity contribution is 5.83. The van der Waals surface area contributed by atoms with Crippen LogP contribution < -0.4 is 21.9 Å². The summed E-state index contributed by atoms with van der Waals surface area (Å²) in [4.78, 5) is 11.1. The molecule has 1 aromatic rings. The minimum absolute atomic E-state index is 0.0900. The summed E-state index contributed by atoms with van der Waals surface area (Å²) in [6.45, 7) is 1.70.